The van der Waals surface area contributed by atoms with Crippen molar-refractivity contribution in [3.8, 4) is 0 Å². The highest BCUT2D eigenvalue weighted by atomic mass is 79.9. The summed E-state index contributed by atoms with van der Waals surface area (Å²) in [6.07, 6.45) is 2.52. The molecule has 1 atom stereocenters. The largest absolute Gasteiger partial charge is 0.324 e. The molecule has 0 aliphatic rings. The highest BCUT2D eigenvalue weighted by molar-refractivity contribution is 9.10. The zero-order valence-corrected chi connectivity index (χ0v) is 13.0. The number of hydrogen-bond donors (Lipinski definition) is 1. The second-order valence-electron chi connectivity index (χ2n) is 4.32. The fourth-order valence-corrected chi connectivity index (χ4v) is 2.72. The molecular formula is C15H15BrFNS. The Bertz CT molecular complexity index is 557. The van der Waals surface area contributed by atoms with Gasteiger partial charge in [0.25, 0.3) is 0 Å². The molecular weight excluding hydrogens is 325 g/mol. The fraction of sp³-hybridized carbons (Fsp3) is 0.200. The monoisotopic (exact) mass is 339 g/mol. The van der Waals surface area contributed by atoms with Crippen molar-refractivity contribution < 1.29 is 4.39 Å². The molecule has 2 N–H and O–H groups in total. The molecule has 0 saturated heterocycles. The summed E-state index contributed by atoms with van der Waals surface area (Å²) >= 11 is 5.04. The van der Waals surface area contributed by atoms with Crippen molar-refractivity contribution in [3.63, 3.8) is 0 Å². The summed E-state index contributed by atoms with van der Waals surface area (Å²) in [6.45, 7) is 0. The van der Waals surface area contributed by atoms with Crippen molar-refractivity contribution in [2.45, 2.75) is 17.4 Å². The summed E-state index contributed by atoms with van der Waals surface area (Å²) in [5.74, 6) is -0.209. The number of halogens is 2. The summed E-state index contributed by atoms with van der Waals surface area (Å²) in [5.41, 5.74) is 7.81. The first-order valence-corrected chi connectivity index (χ1v) is 7.95. The predicted molar refractivity (Wildman–Crippen MR) is 83.0 cm³/mol. The van der Waals surface area contributed by atoms with E-state index in [4.69, 9.17) is 5.73 Å². The van der Waals surface area contributed by atoms with E-state index in [2.05, 4.69) is 15.9 Å². The lowest BCUT2D eigenvalue weighted by Gasteiger charge is -2.13. The summed E-state index contributed by atoms with van der Waals surface area (Å²) < 4.78 is 14.6. The van der Waals surface area contributed by atoms with Crippen LogP contribution in [0, 0.1) is 5.82 Å². The highest BCUT2D eigenvalue weighted by Crippen LogP contribution is 2.23. The van der Waals surface area contributed by atoms with Crippen LogP contribution in [-0.2, 0) is 6.42 Å². The predicted octanol–water partition coefficient (Wildman–Crippen LogP) is 4.55. The summed E-state index contributed by atoms with van der Waals surface area (Å²) in [4.78, 5) is 1.20. The van der Waals surface area contributed by atoms with E-state index in [0.29, 0.717) is 12.0 Å². The minimum atomic E-state index is -0.209. The van der Waals surface area contributed by atoms with Gasteiger partial charge >= 0.3 is 0 Å². The van der Waals surface area contributed by atoms with Gasteiger partial charge in [-0.05, 0) is 54.1 Å². The Morgan fingerprint density at radius 2 is 1.89 bits per heavy atom. The molecule has 4 heteroatoms. The van der Waals surface area contributed by atoms with Gasteiger partial charge in [0.2, 0.25) is 0 Å². The molecule has 0 saturated carbocycles. The third-order valence-corrected chi connectivity index (χ3v) is 4.23. The molecule has 0 heterocycles. The van der Waals surface area contributed by atoms with Crippen molar-refractivity contribution in [2.75, 3.05) is 6.26 Å². The van der Waals surface area contributed by atoms with Crippen molar-refractivity contribution in [1.82, 2.24) is 0 Å². The van der Waals surface area contributed by atoms with Gasteiger partial charge in [-0.15, -0.1) is 11.8 Å². The van der Waals surface area contributed by atoms with Crippen LogP contribution in [0.4, 0.5) is 4.39 Å². The van der Waals surface area contributed by atoms with Crippen LogP contribution >= 0.6 is 27.7 Å². The Morgan fingerprint density at radius 1 is 1.21 bits per heavy atom. The first kappa shape index (κ1) is 14.6. The Balaban J connectivity index is 2.15. The first-order valence-electron chi connectivity index (χ1n) is 5.93. The second kappa shape index (κ2) is 6.55. The normalized spacial score (nSPS) is 12.4. The topological polar surface area (TPSA) is 26.0 Å². The average molecular weight is 340 g/mol. The minimum Gasteiger partial charge on any atom is -0.324 e. The van der Waals surface area contributed by atoms with E-state index in [-0.39, 0.29) is 11.9 Å². The van der Waals surface area contributed by atoms with E-state index in [1.54, 1.807) is 23.9 Å². The summed E-state index contributed by atoms with van der Waals surface area (Å²) in [6, 6.07) is 12.8. The highest BCUT2D eigenvalue weighted by Gasteiger charge is 2.11. The molecule has 2 rings (SSSR count). The van der Waals surface area contributed by atoms with Crippen LogP contribution in [0.2, 0.25) is 0 Å². The van der Waals surface area contributed by atoms with Crippen molar-refractivity contribution in [1.29, 1.82) is 0 Å². The van der Waals surface area contributed by atoms with Crippen LogP contribution < -0.4 is 5.73 Å². The van der Waals surface area contributed by atoms with Gasteiger partial charge in [-0.1, -0.05) is 28.1 Å². The van der Waals surface area contributed by atoms with Gasteiger partial charge in [0.15, 0.2) is 0 Å². The molecule has 100 valence electrons. The molecule has 0 spiro atoms. The maximum absolute atomic E-state index is 13.7. The zero-order chi connectivity index (χ0) is 13.8. The Hall–Kier alpha value is -0.840. The Morgan fingerprint density at radius 3 is 2.53 bits per heavy atom. The van der Waals surface area contributed by atoms with Crippen LogP contribution in [0.25, 0.3) is 0 Å². The van der Waals surface area contributed by atoms with Crippen LogP contribution in [0.15, 0.2) is 51.8 Å². The van der Waals surface area contributed by atoms with Crippen molar-refractivity contribution in [3.05, 3.63) is 63.9 Å². The molecule has 0 bridgehead atoms. The lowest BCUT2D eigenvalue weighted by atomic mass is 9.99. The third kappa shape index (κ3) is 3.81. The molecule has 19 heavy (non-hydrogen) atoms. The smallest absolute Gasteiger partial charge is 0.126 e. The maximum atomic E-state index is 13.7. The second-order valence-corrected chi connectivity index (χ2v) is 6.11. The third-order valence-electron chi connectivity index (χ3n) is 2.99. The number of rotatable bonds is 4. The van der Waals surface area contributed by atoms with Gasteiger partial charge in [-0.25, -0.2) is 4.39 Å². The van der Waals surface area contributed by atoms with E-state index in [1.807, 2.05) is 30.5 Å². The molecule has 0 radical (unpaired) electrons. The van der Waals surface area contributed by atoms with Crippen LogP contribution in [0.3, 0.4) is 0 Å². The van der Waals surface area contributed by atoms with E-state index in [9.17, 15) is 4.39 Å². The summed E-state index contributed by atoms with van der Waals surface area (Å²) in [7, 11) is 0. The molecule has 0 amide bonds. The van der Waals surface area contributed by atoms with Crippen molar-refractivity contribution in [2.24, 2.45) is 5.73 Å². The molecule has 1 unspecified atom stereocenters. The molecule has 2 aromatic carbocycles. The zero-order valence-electron chi connectivity index (χ0n) is 10.6. The molecule has 1 nitrogen and oxygen atoms in total. The van der Waals surface area contributed by atoms with Gasteiger partial charge in [-0.2, -0.15) is 0 Å². The number of benzene rings is 2. The summed E-state index contributed by atoms with van der Waals surface area (Å²) in [5, 5.41) is 0. The van der Waals surface area contributed by atoms with E-state index in [0.717, 1.165) is 10.0 Å². The lowest BCUT2D eigenvalue weighted by Crippen LogP contribution is -2.14. The fourth-order valence-electron chi connectivity index (χ4n) is 1.91. The molecule has 0 fully saturated rings. The number of thioether (sulfide) groups is 1. The van der Waals surface area contributed by atoms with Gasteiger partial charge < -0.3 is 5.73 Å². The number of nitrogens with two attached hydrogens (primary N) is 1. The standard InChI is InChI=1S/C15H15BrFNS/c1-19-13-5-2-10(3-6-13)15(18)9-11-8-12(16)4-7-14(11)17/h2-8,15H,9,18H2,1H3. The van der Waals surface area contributed by atoms with Crippen molar-refractivity contribution >= 4 is 27.7 Å². The first-order chi connectivity index (χ1) is 9.10. The van der Waals surface area contributed by atoms with Gasteiger partial charge in [-0.3, -0.25) is 0 Å². The van der Waals surface area contributed by atoms with Gasteiger partial charge in [0, 0.05) is 15.4 Å². The van der Waals surface area contributed by atoms with Gasteiger partial charge in [0.05, 0.1) is 0 Å². The van der Waals surface area contributed by atoms with E-state index < -0.39 is 0 Å². The maximum Gasteiger partial charge on any atom is 0.126 e. The lowest BCUT2D eigenvalue weighted by molar-refractivity contribution is 0.593. The molecule has 0 aromatic heterocycles. The van der Waals surface area contributed by atoms with Gasteiger partial charge in [0.1, 0.15) is 5.82 Å². The quantitative estimate of drug-likeness (QED) is 0.826. The van der Waals surface area contributed by atoms with Crippen LogP contribution in [0.5, 0.6) is 0 Å². The average Bonchev–Trinajstić information content (AvgIpc) is 2.43. The Labute approximate surface area is 125 Å². The van der Waals surface area contributed by atoms with E-state index >= 15 is 0 Å². The minimum absolute atomic E-state index is 0.195. The Kier molecular flexibility index (Phi) is 5.02. The molecule has 2 aromatic rings. The number of hydrogen-bond acceptors (Lipinski definition) is 2. The molecule has 0 aliphatic carbocycles. The van der Waals surface area contributed by atoms with Crippen LogP contribution in [-0.4, -0.2) is 6.26 Å². The van der Waals surface area contributed by atoms with Crippen LogP contribution in [0.1, 0.15) is 17.2 Å². The molecule has 0 aliphatic heterocycles. The SMILES string of the molecule is CSc1ccc(C(N)Cc2cc(Br)ccc2F)cc1. The van der Waals surface area contributed by atoms with E-state index in [1.165, 1.54) is 11.0 Å².